The summed E-state index contributed by atoms with van der Waals surface area (Å²) in [4.78, 5) is 16.7. The van der Waals surface area contributed by atoms with Crippen LogP contribution in [0.25, 0.3) is 0 Å². The molecule has 1 aromatic carbocycles. The standard InChI is InChI=1S/C20H29F3N4O/c1-2-24-19(25-12-11-20(21,22)23)26-14-15-7-6-10-17(13-15)27-18(28)16-8-4-3-5-9-16/h6-7,10,13,16H,2-5,8-9,11-12,14H2,1H3,(H,27,28)(H2,24,25,26). The van der Waals surface area contributed by atoms with Crippen LogP contribution in [0.1, 0.15) is 51.0 Å². The van der Waals surface area contributed by atoms with Gasteiger partial charge in [-0.1, -0.05) is 31.4 Å². The van der Waals surface area contributed by atoms with E-state index < -0.39 is 12.6 Å². The first-order valence-electron chi connectivity index (χ1n) is 9.86. The molecule has 1 aliphatic rings. The molecule has 0 aromatic heterocycles. The maximum absolute atomic E-state index is 12.4. The van der Waals surface area contributed by atoms with E-state index in [1.54, 1.807) is 0 Å². The fourth-order valence-corrected chi connectivity index (χ4v) is 3.19. The van der Waals surface area contributed by atoms with E-state index in [2.05, 4.69) is 20.9 Å². The Hall–Kier alpha value is -2.25. The van der Waals surface area contributed by atoms with Gasteiger partial charge in [0.1, 0.15) is 0 Å². The van der Waals surface area contributed by atoms with Crippen LogP contribution in [0, 0.1) is 5.92 Å². The smallest absolute Gasteiger partial charge is 0.357 e. The monoisotopic (exact) mass is 398 g/mol. The van der Waals surface area contributed by atoms with Crippen molar-refractivity contribution >= 4 is 17.6 Å². The van der Waals surface area contributed by atoms with Crippen molar-refractivity contribution in [3.63, 3.8) is 0 Å². The van der Waals surface area contributed by atoms with Gasteiger partial charge in [-0.05, 0) is 37.5 Å². The zero-order valence-electron chi connectivity index (χ0n) is 16.2. The molecule has 0 aliphatic heterocycles. The molecule has 1 aliphatic carbocycles. The molecule has 1 fully saturated rings. The Bertz CT molecular complexity index is 655. The molecule has 0 atom stereocenters. The molecule has 0 saturated heterocycles. The summed E-state index contributed by atoms with van der Waals surface area (Å²) >= 11 is 0. The van der Waals surface area contributed by atoms with E-state index in [1.165, 1.54) is 6.42 Å². The number of rotatable bonds is 7. The molecule has 1 aromatic rings. The number of carbonyl (C=O) groups excluding carboxylic acids is 1. The minimum Gasteiger partial charge on any atom is -0.357 e. The van der Waals surface area contributed by atoms with Gasteiger partial charge >= 0.3 is 6.18 Å². The summed E-state index contributed by atoms with van der Waals surface area (Å²) in [6.07, 6.45) is 0.150. The zero-order chi connectivity index (χ0) is 20.4. The van der Waals surface area contributed by atoms with Crippen LogP contribution in [0.5, 0.6) is 0 Å². The van der Waals surface area contributed by atoms with E-state index in [-0.39, 0.29) is 18.4 Å². The van der Waals surface area contributed by atoms with E-state index in [0.29, 0.717) is 19.0 Å². The van der Waals surface area contributed by atoms with Crippen molar-refractivity contribution in [1.82, 2.24) is 10.6 Å². The highest BCUT2D eigenvalue weighted by Crippen LogP contribution is 2.25. The molecule has 0 radical (unpaired) electrons. The number of hydrogen-bond donors (Lipinski definition) is 3. The minimum absolute atomic E-state index is 0.0579. The number of alkyl halides is 3. The normalized spacial score (nSPS) is 15.9. The topological polar surface area (TPSA) is 65.5 Å². The van der Waals surface area contributed by atoms with Crippen molar-refractivity contribution in [2.24, 2.45) is 10.9 Å². The second-order valence-electron chi connectivity index (χ2n) is 7.01. The fraction of sp³-hybridized carbons (Fsp3) is 0.600. The number of amides is 1. The van der Waals surface area contributed by atoms with Gasteiger partial charge in [0.15, 0.2) is 5.96 Å². The van der Waals surface area contributed by atoms with Crippen LogP contribution in [0.2, 0.25) is 0 Å². The number of carbonyl (C=O) groups is 1. The van der Waals surface area contributed by atoms with E-state index in [1.807, 2.05) is 31.2 Å². The highest BCUT2D eigenvalue weighted by atomic mass is 19.4. The lowest BCUT2D eigenvalue weighted by atomic mass is 9.88. The maximum atomic E-state index is 12.4. The van der Waals surface area contributed by atoms with Gasteiger partial charge in [-0.15, -0.1) is 0 Å². The largest absolute Gasteiger partial charge is 0.390 e. The average Bonchev–Trinajstić information content (AvgIpc) is 2.66. The Labute approximate surface area is 164 Å². The molecule has 0 bridgehead atoms. The summed E-state index contributed by atoms with van der Waals surface area (Å²) in [5.74, 6) is 0.472. The van der Waals surface area contributed by atoms with Gasteiger partial charge < -0.3 is 16.0 Å². The lowest BCUT2D eigenvalue weighted by Gasteiger charge is -2.20. The maximum Gasteiger partial charge on any atom is 0.390 e. The van der Waals surface area contributed by atoms with Crippen LogP contribution in [0.4, 0.5) is 18.9 Å². The highest BCUT2D eigenvalue weighted by Gasteiger charge is 2.26. The molecule has 8 heteroatoms. The van der Waals surface area contributed by atoms with Gasteiger partial charge in [-0.3, -0.25) is 4.79 Å². The lowest BCUT2D eigenvalue weighted by Crippen LogP contribution is -2.38. The molecule has 0 unspecified atom stereocenters. The molecule has 2 rings (SSSR count). The Morgan fingerprint density at radius 3 is 2.61 bits per heavy atom. The molecular weight excluding hydrogens is 369 g/mol. The number of halogens is 3. The van der Waals surface area contributed by atoms with E-state index in [4.69, 9.17) is 0 Å². The number of anilines is 1. The van der Waals surface area contributed by atoms with Crippen molar-refractivity contribution in [1.29, 1.82) is 0 Å². The Kier molecular flexibility index (Phi) is 8.60. The molecule has 1 saturated carbocycles. The van der Waals surface area contributed by atoms with E-state index >= 15 is 0 Å². The van der Waals surface area contributed by atoms with Gasteiger partial charge in [0.05, 0.1) is 13.0 Å². The minimum atomic E-state index is -4.20. The van der Waals surface area contributed by atoms with Crippen molar-refractivity contribution < 1.29 is 18.0 Å². The van der Waals surface area contributed by atoms with Crippen molar-refractivity contribution in [3.05, 3.63) is 29.8 Å². The quantitative estimate of drug-likeness (QED) is 0.476. The van der Waals surface area contributed by atoms with Gasteiger partial charge in [0.25, 0.3) is 0 Å². The van der Waals surface area contributed by atoms with Gasteiger partial charge in [0, 0.05) is 24.7 Å². The molecule has 0 heterocycles. The van der Waals surface area contributed by atoms with Gasteiger partial charge in [-0.2, -0.15) is 13.2 Å². The summed E-state index contributed by atoms with van der Waals surface area (Å²) in [6, 6.07) is 7.40. The van der Waals surface area contributed by atoms with Crippen LogP contribution in [0.15, 0.2) is 29.3 Å². The first-order valence-corrected chi connectivity index (χ1v) is 9.86. The fourth-order valence-electron chi connectivity index (χ4n) is 3.19. The summed E-state index contributed by atoms with van der Waals surface area (Å²) in [5.41, 5.74) is 1.59. The molecular formula is C20H29F3N4O. The summed E-state index contributed by atoms with van der Waals surface area (Å²) in [6.45, 7) is 2.47. The third kappa shape index (κ3) is 8.19. The van der Waals surface area contributed by atoms with Crippen LogP contribution in [0.3, 0.4) is 0 Å². The van der Waals surface area contributed by atoms with Gasteiger partial charge in [-0.25, -0.2) is 4.99 Å². The number of guanidine groups is 1. The van der Waals surface area contributed by atoms with Crippen LogP contribution >= 0.6 is 0 Å². The average molecular weight is 398 g/mol. The first-order chi connectivity index (χ1) is 13.4. The van der Waals surface area contributed by atoms with Crippen LogP contribution in [-0.2, 0) is 11.3 Å². The summed E-state index contributed by atoms with van der Waals surface area (Å²) in [7, 11) is 0. The number of benzene rings is 1. The number of nitrogens with zero attached hydrogens (tertiary/aromatic N) is 1. The molecule has 156 valence electrons. The molecule has 5 nitrogen and oxygen atoms in total. The Morgan fingerprint density at radius 1 is 1.18 bits per heavy atom. The van der Waals surface area contributed by atoms with Crippen molar-refractivity contribution in [3.8, 4) is 0 Å². The molecule has 0 spiro atoms. The third-order valence-electron chi connectivity index (χ3n) is 4.64. The molecule has 3 N–H and O–H groups in total. The van der Waals surface area contributed by atoms with Crippen LogP contribution in [-0.4, -0.2) is 31.1 Å². The van der Waals surface area contributed by atoms with E-state index in [0.717, 1.165) is 36.9 Å². The number of aliphatic imine (C=N–C) groups is 1. The van der Waals surface area contributed by atoms with Crippen molar-refractivity contribution in [2.75, 3.05) is 18.4 Å². The zero-order valence-corrected chi connectivity index (χ0v) is 16.2. The van der Waals surface area contributed by atoms with Crippen molar-refractivity contribution in [2.45, 2.75) is 58.2 Å². The summed E-state index contributed by atoms with van der Waals surface area (Å²) < 4.78 is 36.9. The second kappa shape index (κ2) is 10.9. The highest BCUT2D eigenvalue weighted by molar-refractivity contribution is 5.92. The van der Waals surface area contributed by atoms with Gasteiger partial charge in [0.2, 0.25) is 5.91 Å². The molecule has 1 amide bonds. The Balaban J connectivity index is 1.91. The number of nitrogens with one attached hydrogen (secondary N) is 3. The SMILES string of the molecule is CCNC(=NCc1cccc(NC(=O)C2CCCCC2)c1)NCCC(F)(F)F. The van der Waals surface area contributed by atoms with Crippen LogP contribution < -0.4 is 16.0 Å². The van der Waals surface area contributed by atoms with E-state index in [9.17, 15) is 18.0 Å². The first kappa shape index (κ1) is 22.0. The number of hydrogen-bond acceptors (Lipinski definition) is 2. The predicted molar refractivity (Wildman–Crippen MR) is 105 cm³/mol. The lowest BCUT2D eigenvalue weighted by molar-refractivity contribution is -0.132. The summed E-state index contributed by atoms with van der Waals surface area (Å²) in [5, 5.41) is 8.59. The molecule has 28 heavy (non-hydrogen) atoms. The predicted octanol–water partition coefficient (Wildman–Crippen LogP) is 4.21. The third-order valence-corrected chi connectivity index (χ3v) is 4.64. The second-order valence-corrected chi connectivity index (χ2v) is 7.01. The Morgan fingerprint density at radius 2 is 1.93 bits per heavy atom.